The second-order valence-electron chi connectivity index (χ2n) is 5.49. The van der Waals surface area contributed by atoms with Gasteiger partial charge in [-0.1, -0.05) is 28.2 Å². The van der Waals surface area contributed by atoms with Gasteiger partial charge in [0, 0.05) is 11.6 Å². The highest BCUT2D eigenvalue weighted by Crippen LogP contribution is 2.33. The summed E-state index contributed by atoms with van der Waals surface area (Å²) in [6.07, 6.45) is 3.50. The molecule has 0 fully saturated rings. The fourth-order valence-corrected chi connectivity index (χ4v) is 3.25. The summed E-state index contributed by atoms with van der Waals surface area (Å²) >= 11 is 12.7. The van der Waals surface area contributed by atoms with E-state index >= 15 is 0 Å². The standard InChI is InChI=1S/C18H10Cl2FN3O/c19-12-3-5-14-16(17(12)20)18(11-8-10(25)2-4-13(11)21)23-9-15-22-6-1-7-24(14)15/h1-8H,9H2/p+1. The SMILES string of the molecule is Oc1ccc(F)c(C2=NCc3nccc[n+]3-c3ccc(Cl)c(Cl)c32)c1. The average Bonchev–Trinajstić information content (AvgIpc) is 2.78. The van der Waals surface area contributed by atoms with Crippen LogP contribution in [-0.4, -0.2) is 15.8 Å². The molecule has 0 aliphatic carbocycles. The van der Waals surface area contributed by atoms with Gasteiger partial charge in [-0.2, -0.15) is 4.57 Å². The maximum absolute atomic E-state index is 14.5. The lowest BCUT2D eigenvalue weighted by molar-refractivity contribution is -0.607. The van der Waals surface area contributed by atoms with Gasteiger partial charge in [-0.15, -0.1) is 0 Å². The van der Waals surface area contributed by atoms with Crippen LogP contribution in [0, 0.1) is 5.82 Å². The molecule has 0 saturated heterocycles. The molecule has 0 saturated carbocycles. The van der Waals surface area contributed by atoms with Gasteiger partial charge < -0.3 is 5.11 Å². The van der Waals surface area contributed by atoms with Crippen molar-refractivity contribution in [1.82, 2.24) is 4.98 Å². The van der Waals surface area contributed by atoms with Crippen molar-refractivity contribution in [3.63, 3.8) is 0 Å². The van der Waals surface area contributed by atoms with Gasteiger partial charge in [-0.25, -0.2) is 4.39 Å². The van der Waals surface area contributed by atoms with Crippen LogP contribution in [0.25, 0.3) is 5.69 Å². The molecule has 0 atom stereocenters. The number of phenols is 1. The van der Waals surface area contributed by atoms with E-state index in [-0.39, 0.29) is 22.9 Å². The number of hydrogen-bond acceptors (Lipinski definition) is 3. The summed E-state index contributed by atoms with van der Waals surface area (Å²) in [5.74, 6) is 0.103. The zero-order chi connectivity index (χ0) is 17.6. The molecule has 1 aromatic heterocycles. The van der Waals surface area contributed by atoms with Gasteiger partial charge in [0.2, 0.25) is 0 Å². The van der Waals surface area contributed by atoms with Crippen LogP contribution in [0.15, 0.2) is 53.8 Å². The number of aromatic nitrogens is 2. The Balaban J connectivity index is 2.07. The largest absolute Gasteiger partial charge is 0.508 e. The highest BCUT2D eigenvalue weighted by molar-refractivity contribution is 6.45. The number of aromatic hydroxyl groups is 1. The van der Waals surface area contributed by atoms with Gasteiger partial charge >= 0.3 is 5.82 Å². The molecule has 0 bridgehead atoms. The number of hydrogen-bond donors (Lipinski definition) is 1. The number of nitrogens with zero attached hydrogens (tertiary/aromatic N) is 3. The normalized spacial score (nSPS) is 12.8. The maximum Gasteiger partial charge on any atom is 0.324 e. The lowest BCUT2D eigenvalue weighted by atomic mass is 9.99. The van der Waals surface area contributed by atoms with E-state index in [4.69, 9.17) is 23.2 Å². The smallest absolute Gasteiger partial charge is 0.324 e. The maximum atomic E-state index is 14.5. The van der Waals surface area contributed by atoms with Crippen LogP contribution in [0.5, 0.6) is 5.75 Å². The number of rotatable bonds is 1. The van der Waals surface area contributed by atoms with Crippen molar-refractivity contribution in [2.75, 3.05) is 0 Å². The molecule has 124 valence electrons. The van der Waals surface area contributed by atoms with E-state index in [1.165, 1.54) is 18.2 Å². The van der Waals surface area contributed by atoms with Crippen molar-refractivity contribution in [3.05, 3.63) is 81.6 Å². The van der Waals surface area contributed by atoms with Crippen LogP contribution in [0.1, 0.15) is 17.0 Å². The summed E-state index contributed by atoms with van der Waals surface area (Å²) in [5.41, 5.74) is 1.66. The number of fused-ring (bicyclic) bond motifs is 3. The van der Waals surface area contributed by atoms with E-state index in [1.54, 1.807) is 24.4 Å². The predicted molar refractivity (Wildman–Crippen MR) is 93.2 cm³/mol. The van der Waals surface area contributed by atoms with Gasteiger partial charge in [0.15, 0.2) is 0 Å². The Morgan fingerprint density at radius 2 is 2.00 bits per heavy atom. The van der Waals surface area contributed by atoms with Crippen molar-refractivity contribution in [2.24, 2.45) is 4.99 Å². The molecule has 2 heterocycles. The first kappa shape index (κ1) is 16.0. The summed E-state index contributed by atoms with van der Waals surface area (Å²) < 4.78 is 16.3. The van der Waals surface area contributed by atoms with E-state index in [0.29, 0.717) is 27.8 Å². The highest BCUT2D eigenvalue weighted by atomic mass is 35.5. The first-order valence-electron chi connectivity index (χ1n) is 7.44. The van der Waals surface area contributed by atoms with Gasteiger partial charge in [0.1, 0.15) is 36.2 Å². The third-order valence-electron chi connectivity index (χ3n) is 3.98. The molecule has 1 aliphatic rings. The van der Waals surface area contributed by atoms with Crippen LogP contribution in [-0.2, 0) is 6.54 Å². The molecule has 25 heavy (non-hydrogen) atoms. The van der Waals surface area contributed by atoms with Crippen LogP contribution >= 0.6 is 23.2 Å². The summed E-state index contributed by atoms with van der Waals surface area (Å²) in [7, 11) is 0. The number of phenolic OH excluding ortho intramolecular Hbond substituents is 1. The molecular weight excluding hydrogens is 364 g/mol. The molecular formula is C18H11Cl2FN3O+. The molecule has 1 N–H and O–H groups in total. The Bertz CT molecular complexity index is 1040. The summed E-state index contributed by atoms with van der Waals surface area (Å²) in [5, 5.41) is 10.4. The van der Waals surface area contributed by atoms with E-state index in [2.05, 4.69) is 9.98 Å². The lowest BCUT2D eigenvalue weighted by Crippen LogP contribution is -2.37. The van der Waals surface area contributed by atoms with Crippen LogP contribution in [0.2, 0.25) is 10.0 Å². The minimum absolute atomic E-state index is 0.0636. The number of halogens is 3. The first-order valence-corrected chi connectivity index (χ1v) is 8.19. The molecule has 0 amide bonds. The number of aliphatic imine (C=N–C) groups is 1. The van der Waals surface area contributed by atoms with Crippen molar-refractivity contribution >= 4 is 28.9 Å². The Morgan fingerprint density at radius 1 is 1.16 bits per heavy atom. The van der Waals surface area contributed by atoms with E-state index in [0.717, 1.165) is 0 Å². The first-order chi connectivity index (χ1) is 12.1. The summed E-state index contributed by atoms with van der Waals surface area (Å²) in [6, 6.07) is 9.04. The van der Waals surface area contributed by atoms with Gasteiger partial charge in [-0.3, -0.25) is 4.99 Å². The lowest BCUT2D eigenvalue weighted by Gasteiger charge is -2.13. The summed E-state index contributed by atoms with van der Waals surface area (Å²) in [6.45, 7) is 0.230. The fourth-order valence-electron chi connectivity index (χ4n) is 2.85. The summed E-state index contributed by atoms with van der Waals surface area (Å²) in [4.78, 5) is 8.85. The van der Waals surface area contributed by atoms with Gasteiger partial charge in [-0.05, 0) is 30.3 Å². The Morgan fingerprint density at radius 3 is 2.84 bits per heavy atom. The van der Waals surface area contributed by atoms with Crippen LogP contribution < -0.4 is 4.57 Å². The van der Waals surface area contributed by atoms with Crippen molar-refractivity contribution in [2.45, 2.75) is 6.54 Å². The molecule has 2 aromatic carbocycles. The topological polar surface area (TPSA) is 49.4 Å². The minimum atomic E-state index is -0.512. The number of benzene rings is 2. The van der Waals surface area contributed by atoms with Crippen molar-refractivity contribution < 1.29 is 14.1 Å². The Labute approximate surface area is 152 Å². The zero-order valence-corrected chi connectivity index (χ0v) is 14.3. The quantitative estimate of drug-likeness (QED) is 0.657. The molecule has 3 aromatic rings. The van der Waals surface area contributed by atoms with Crippen molar-refractivity contribution in [1.29, 1.82) is 0 Å². The Hall–Kier alpha value is -2.50. The molecule has 0 spiro atoms. The third kappa shape index (κ3) is 2.65. The fraction of sp³-hybridized carbons (Fsp3) is 0.0556. The molecule has 4 rings (SSSR count). The monoisotopic (exact) mass is 374 g/mol. The molecule has 0 unspecified atom stereocenters. The zero-order valence-electron chi connectivity index (χ0n) is 12.7. The average molecular weight is 375 g/mol. The Kier molecular flexibility index (Phi) is 3.90. The minimum Gasteiger partial charge on any atom is -0.508 e. The molecule has 4 nitrogen and oxygen atoms in total. The molecule has 1 aliphatic heterocycles. The predicted octanol–water partition coefficient (Wildman–Crippen LogP) is 3.86. The highest BCUT2D eigenvalue weighted by Gasteiger charge is 2.28. The third-order valence-corrected chi connectivity index (χ3v) is 4.78. The van der Waals surface area contributed by atoms with Crippen LogP contribution in [0.4, 0.5) is 4.39 Å². The van der Waals surface area contributed by atoms with Crippen LogP contribution in [0.3, 0.4) is 0 Å². The van der Waals surface area contributed by atoms with Gasteiger partial charge in [0.05, 0.1) is 21.3 Å². The molecule has 7 heteroatoms. The second kappa shape index (κ2) is 6.10. The van der Waals surface area contributed by atoms with Crippen molar-refractivity contribution in [3.8, 4) is 11.4 Å². The van der Waals surface area contributed by atoms with E-state index in [9.17, 15) is 9.50 Å². The second-order valence-corrected chi connectivity index (χ2v) is 6.28. The van der Waals surface area contributed by atoms with E-state index in [1.807, 2.05) is 10.8 Å². The molecule has 0 radical (unpaired) electrons. The van der Waals surface area contributed by atoms with E-state index < -0.39 is 5.82 Å². The van der Waals surface area contributed by atoms with Gasteiger partial charge in [0.25, 0.3) is 0 Å².